The first-order valence-electron chi connectivity index (χ1n) is 2.15. The van der Waals surface area contributed by atoms with Crippen molar-refractivity contribution in [2.24, 2.45) is 4.99 Å². The fraction of sp³-hybridized carbons (Fsp3) is 0.400. The molecule has 2 nitrogen and oxygen atoms in total. The van der Waals surface area contributed by atoms with Crippen LogP contribution in [0.15, 0.2) is 17.0 Å². The molecule has 0 radical (unpaired) electrons. The van der Waals surface area contributed by atoms with E-state index >= 15 is 0 Å². The Balaban J connectivity index is 3.60. The number of aliphatic imine (C=N–C) groups is 1. The summed E-state index contributed by atoms with van der Waals surface area (Å²) < 4.78 is 0. The second-order valence-electron chi connectivity index (χ2n) is 1.13. The number of hydrogen-bond acceptors (Lipinski definition) is 2. The van der Waals surface area contributed by atoms with E-state index in [0.29, 0.717) is 5.70 Å². The summed E-state index contributed by atoms with van der Waals surface area (Å²) in [6, 6.07) is 0. The third-order valence-corrected chi connectivity index (χ3v) is 0.714. The number of aliphatic hydroxyl groups excluding tert-OH is 1. The maximum atomic E-state index is 8.23. The van der Waals surface area contributed by atoms with Gasteiger partial charge in [-0.3, -0.25) is 4.99 Å². The van der Waals surface area contributed by atoms with E-state index in [1.54, 1.807) is 0 Å². The van der Waals surface area contributed by atoms with Crippen molar-refractivity contribution < 1.29 is 5.11 Å². The molecule has 40 valence electrons. The molecule has 0 heterocycles. The van der Waals surface area contributed by atoms with Gasteiger partial charge in [0, 0.05) is 0 Å². The Morgan fingerprint density at radius 1 is 2.00 bits per heavy atom. The quantitative estimate of drug-likeness (QED) is 0.413. The average molecular weight is 99.1 g/mol. The van der Waals surface area contributed by atoms with Gasteiger partial charge in [0.2, 0.25) is 0 Å². The van der Waals surface area contributed by atoms with Crippen molar-refractivity contribution in [3.63, 3.8) is 0 Å². The Hall–Kier alpha value is -0.790. The molecule has 0 aliphatic carbocycles. The molecule has 7 heavy (non-hydrogen) atoms. The van der Waals surface area contributed by atoms with Gasteiger partial charge in [-0.25, -0.2) is 0 Å². The maximum Gasteiger partial charge on any atom is 0.101 e. The number of rotatable bonds is 2. The Morgan fingerprint density at radius 2 is 2.57 bits per heavy atom. The lowest BCUT2D eigenvalue weighted by Gasteiger charge is -1.86. The first-order valence-corrected chi connectivity index (χ1v) is 2.15. The van der Waals surface area contributed by atoms with Crippen molar-refractivity contribution in [2.45, 2.75) is 13.3 Å². The molecule has 0 bridgehead atoms. The maximum absolute atomic E-state index is 8.23. The summed E-state index contributed by atoms with van der Waals surface area (Å²) >= 11 is 0. The number of nitrogens with zero attached hydrogens (tertiary/aromatic N) is 1. The molecule has 0 rings (SSSR count). The second-order valence-corrected chi connectivity index (χ2v) is 1.13. The van der Waals surface area contributed by atoms with Crippen LogP contribution in [0.4, 0.5) is 0 Å². The zero-order chi connectivity index (χ0) is 5.70. The molecular weight excluding hydrogens is 90.1 g/mol. The third kappa shape index (κ3) is 1.98. The van der Waals surface area contributed by atoms with E-state index in [1.807, 2.05) is 6.92 Å². The van der Waals surface area contributed by atoms with E-state index in [0.717, 1.165) is 12.7 Å². The predicted molar refractivity (Wildman–Crippen MR) is 30.6 cm³/mol. The molecule has 0 amide bonds. The van der Waals surface area contributed by atoms with Crippen LogP contribution in [0, 0.1) is 0 Å². The van der Waals surface area contributed by atoms with Gasteiger partial charge in [-0.2, -0.15) is 0 Å². The third-order valence-electron chi connectivity index (χ3n) is 0.714. The predicted octanol–water partition coefficient (Wildman–Crippen LogP) is 1.50. The Labute approximate surface area is 43.2 Å². The first kappa shape index (κ1) is 6.21. The molecule has 0 saturated heterocycles. The van der Waals surface area contributed by atoms with E-state index in [2.05, 4.69) is 11.7 Å². The van der Waals surface area contributed by atoms with Crippen LogP contribution < -0.4 is 0 Å². The molecule has 1 N–H and O–H groups in total. The van der Waals surface area contributed by atoms with Crippen LogP contribution in [0.2, 0.25) is 0 Å². The van der Waals surface area contributed by atoms with Gasteiger partial charge in [-0.1, -0.05) is 6.92 Å². The summed E-state index contributed by atoms with van der Waals surface area (Å²) in [7, 11) is 0. The SMILES string of the molecule is C=N/C(=C\O)CC. The molecule has 0 fully saturated rings. The summed E-state index contributed by atoms with van der Waals surface area (Å²) in [6.07, 6.45) is 1.70. The van der Waals surface area contributed by atoms with Gasteiger partial charge in [0.05, 0.1) is 5.70 Å². The summed E-state index contributed by atoms with van der Waals surface area (Å²) in [4.78, 5) is 3.49. The minimum atomic E-state index is 0.625. The molecular formula is C5H9NO. The molecule has 0 unspecified atom stereocenters. The van der Waals surface area contributed by atoms with Gasteiger partial charge < -0.3 is 5.11 Å². The molecule has 0 aromatic rings. The lowest BCUT2D eigenvalue weighted by Crippen LogP contribution is -1.70. The Morgan fingerprint density at radius 3 is 2.57 bits per heavy atom. The second kappa shape index (κ2) is 3.40. The number of hydrogen-bond donors (Lipinski definition) is 1. The highest BCUT2D eigenvalue weighted by molar-refractivity contribution is 5.28. The molecule has 0 aromatic carbocycles. The average Bonchev–Trinajstić information content (AvgIpc) is 1.72. The summed E-state index contributed by atoms with van der Waals surface area (Å²) in [5.74, 6) is 0. The molecule has 2 heteroatoms. The van der Waals surface area contributed by atoms with Crippen molar-refractivity contribution in [1.29, 1.82) is 0 Å². The lowest BCUT2D eigenvalue weighted by atomic mass is 10.4. The van der Waals surface area contributed by atoms with Gasteiger partial charge in [0.1, 0.15) is 6.26 Å². The van der Waals surface area contributed by atoms with Crippen LogP contribution >= 0.6 is 0 Å². The minimum Gasteiger partial charge on any atom is -0.514 e. The molecule has 0 atom stereocenters. The fourth-order valence-electron chi connectivity index (χ4n) is 0.244. The van der Waals surface area contributed by atoms with Crippen molar-refractivity contribution in [1.82, 2.24) is 0 Å². The zero-order valence-electron chi connectivity index (χ0n) is 4.39. The van der Waals surface area contributed by atoms with Crippen LogP contribution in [0.3, 0.4) is 0 Å². The van der Waals surface area contributed by atoms with Gasteiger partial charge >= 0.3 is 0 Å². The largest absolute Gasteiger partial charge is 0.514 e. The van der Waals surface area contributed by atoms with E-state index in [1.165, 1.54) is 0 Å². The Bertz CT molecular complexity index is 86.1. The minimum absolute atomic E-state index is 0.625. The van der Waals surface area contributed by atoms with E-state index in [9.17, 15) is 0 Å². The topological polar surface area (TPSA) is 32.6 Å². The van der Waals surface area contributed by atoms with Gasteiger partial charge in [-0.05, 0) is 13.1 Å². The first-order chi connectivity index (χ1) is 3.35. The molecule has 0 aromatic heterocycles. The monoisotopic (exact) mass is 99.1 g/mol. The fourth-order valence-corrected chi connectivity index (χ4v) is 0.244. The Kier molecular flexibility index (Phi) is 3.02. The van der Waals surface area contributed by atoms with Crippen LogP contribution in [0.5, 0.6) is 0 Å². The number of allylic oxidation sites excluding steroid dienone is 1. The standard InChI is InChI=1S/C5H9NO/c1-3-5(4-7)6-2/h4,7H,2-3H2,1H3/b5-4-. The molecule has 0 spiro atoms. The number of aliphatic hydroxyl groups is 1. The van der Waals surface area contributed by atoms with Crippen LogP contribution in [-0.4, -0.2) is 11.8 Å². The van der Waals surface area contributed by atoms with E-state index < -0.39 is 0 Å². The summed E-state index contributed by atoms with van der Waals surface area (Å²) in [6.45, 7) is 5.12. The van der Waals surface area contributed by atoms with Crippen LogP contribution in [0.25, 0.3) is 0 Å². The van der Waals surface area contributed by atoms with Gasteiger partial charge in [0.25, 0.3) is 0 Å². The van der Waals surface area contributed by atoms with Crippen LogP contribution in [-0.2, 0) is 0 Å². The van der Waals surface area contributed by atoms with E-state index in [-0.39, 0.29) is 0 Å². The van der Waals surface area contributed by atoms with E-state index in [4.69, 9.17) is 5.11 Å². The van der Waals surface area contributed by atoms with Crippen molar-refractivity contribution >= 4 is 6.72 Å². The highest BCUT2D eigenvalue weighted by atomic mass is 16.2. The molecule has 0 aliphatic heterocycles. The van der Waals surface area contributed by atoms with Gasteiger partial charge in [0.15, 0.2) is 0 Å². The lowest BCUT2D eigenvalue weighted by molar-refractivity contribution is 0.464. The summed E-state index contributed by atoms with van der Waals surface area (Å²) in [5, 5.41) is 8.23. The normalized spacial score (nSPS) is 11.3. The molecule has 0 aliphatic rings. The smallest absolute Gasteiger partial charge is 0.101 e. The van der Waals surface area contributed by atoms with Gasteiger partial charge in [-0.15, -0.1) is 0 Å². The summed E-state index contributed by atoms with van der Waals surface area (Å²) in [5.41, 5.74) is 0.625. The van der Waals surface area contributed by atoms with Crippen LogP contribution in [0.1, 0.15) is 13.3 Å². The molecule has 0 saturated carbocycles. The zero-order valence-corrected chi connectivity index (χ0v) is 4.39. The van der Waals surface area contributed by atoms with Crippen molar-refractivity contribution in [3.8, 4) is 0 Å². The van der Waals surface area contributed by atoms with Crippen molar-refractivity contribution in [3.05, 3.63) is 12.0 Å². The highest BCUT2D eigenvalue weighted by Crippen LogP contribution is 1.96. The highest BCUT2D eigenvalue weighted by Gasteiger charge is 1.81. The van der Waals surface area contributed by atoms with Crippen molar-refractivity contribution in [2.75, 3.05) is 0 Å².